The summed E-state index contributed by atoms with van der Waals surface area (Å²) in [4.78, 5) is 15.2. The van der Waals surface area contributed by atoms with E-state index in [2.05, 4.69) is 57.7 Å². The number of aryl methyl sites for hydroxylation is 4. The molecule has 3 heteroatoms. The lowest BCUT2D eigenvalue weighted by molar-refractivity contribution is -0.930. The first kappa shape index (κ1) is 18.7. The molecule has 2 aromatic carbocycles. The molecule has 0 spiro atoms. The van der Waals surface area contributed by atoms with Crippen LogP contribution in [0.2, 0.25) is 0 Å². The standard InChI is InChI=1S/C23H30N2O/c1-16-6-7-22(17(2)12-16)20(5)24-8-10-25(11-9-24)23-18(3)13-21(15-26)14-19(23)4/h6-7,12-15,20H,8-11H2,1-5H3/p+1/t20-/m1/s1. The number of anilines is 1. The molecule has 0 radical (unpaired) electrons. The summed E-state index contributed by atoms with van der Waals surface area (Å²) in [5, 5.41) is 0. The van der Waals surface area contributed by atoms with Crippen LogP contribution in [0.25, 0.3) is 0 Å². The molecule has 0 aliphatic carbocycles. The van der Waals surface area contributed by atoms with Gasteiger partial charge in [-0.3, -0.25) is 4.79 Å². The molecular formula is C23H31N2O+. The summed E-state index contributed by atoms with van der Waals surface area (Å²) < 4.78 is 0. The number of nitrogens with one attached hydrogen (secondary N) is 1. The van der Waals surface area contributed by atoms with E-state index in [0.717, 1.165) is 38.0 Å². The summed E-state index contributed by atoms with van der Waals surface area (Å²) in [5.74, 6) is 0. The highest BCUT2D eigenvalue weighted by atomic mass is 16.1. The number of rotatable bonds is 4. The number of quaternary nitrogens is 1. The third kappa shape index (κ3) is 3.68. The fraction of sp³-hybridized carbons (Fsp3) is 0.435. The minimum absolute atomic E-state index is 0.525. The number of aldehydes is 1. The normalized spacial score (nSPS) is 16.6. The first-order valence-electron chi connectivity index (χ1n) is 9.63. The van der Waals surface area contributed by atoms with Crippen molar-refractivity contribution in [3.05, 3.63) is 63.7 Å². The molecule has 1 atom stereocenters. The Hall–Kier alpha value is -2.13. The average molecular weight is 352 g/mol. The van der Waals surface area contributed by atoms with Gasteiger partial charge in [-0.2, -0.15) is 0 Å². The van der Waals surface area contributed by atoms with Crippen molar-refractivity contribution in [3.8, 4) is 0 Å². The number of benzene rings is 2. The van der Waals surface area contributed by atoms with Gasteiger partial charge in [0.05, 0.1) is 26.2 Å². The average Bonchev–Trinajstić information content (AvgIpc) is 2.61. The van der Waals surface area contributed by atoms with Crippen molar-refractivity contribution in [1.29, 1.82) is 0 Å². The van der Waals surface area contributed by atoms with Crippen LogP contribution in [0.4, 0.5) is 5.69 Å². The van der Waals surface area contributed by atoms with Crippen LogP contribution >= 0.6 is 0 Å². The van der Waals surface area contributed by atoms with Crippen LogP contribution in [-0.4, -0.2) is 32.5 Å². The van der Waals surface area contributed by atoms with Crippen molar-refractivity contribution in [3.63, 3.8) is 0 Å². The lowest BCUT2D eigenvalue weighted by atomic mass is 9.98. The van der Waals surface area contributed by atoms with Crippen molar-refractivity contribution in [2.45, 2.75) is 40.7 Å². The summed E-state index contributed by atoms with van der Waals surface area (Å²) >= 11 is 0. The van der Waals surface area contributed by atoms with Gasteiger partial charge in [-0.15, -0.1) is 0 Å². The molecule has 2 aromatic rings. The van der Waals surface area contributed by atoms with Crippen LogP contribution in [0.5, 0.6) is 0 Å². The fourth-order valence-electron chi connectivity index (χ4n) is 4.54. The van der Waals surface area contributed by atoms with Gasteiger partial charge in [0, 0.05) is 16.8 Å². The Morgan fingerprint density at radius 2 is 1.58 bits per heavy atom. The smallest absolute Gasteiger partial charge is 0.150 e. The molecule has 0 bridgehead atoms. The quantitative estimate of drug-likeness (QED) is 0.856. The minimum atomic E-state index is 0.525. The van der Waals surface area contributed by atoms with Crippen LogP contribution < -0.4 is 9.80 Å². The third-order valence-electron chi connectivity index (χ3n) is 5.88. The molecule has 3 rings (SSSR count). The summed E-state index contributed by atoms with van der Waals surface area (Å²) in [5.41, 5.74) is 8.72. The van der Waals surface area contributed by atoms with Gasteiger partial charge in [-0.1, -0.05) is 23.8 Å². The predicted molar refractivity (Wildman–Crippen MR) is 109 cm³/mol. The van der Waals surface area contributed by atoms with Gasteiger partial charge in [0.2, 0.25) is 0 Å². The van der Waals surface area contributed by atoms with Crippen LogP contribution in [0.1, 0.15) is 51.1 Å². The Balaban J connectivity index is 1.72. The van der Waals surface area contributed by atoms with E-state index >= 15 is 0 Å². The van der Waals surface area contributed by atoms with Crippen LogP contribution in [-0.2, 0) is 0 Å². The van der Waals surface area contributed by atoms with E-state index in [4.69, 9.17) is 0 Å². The van der Waals surface area contributed by atoms with Gasteiger partial charge in [0.15, 0.2) is 0 Å². The molecule has 0 unspecified atom stereocenters. The first-order chi connectivity index (χ1) is 12.4. The highest BCUT2D eigenvalue weighted by Gasteiger charge is 2.27. The van der Waals surface area contributed by atoms with E-state index < -0.39 is 0 Å². The Morgan fingerprint density at radius 1 is 0.962 bits per heavy atom. The van der Waals surface area contributed by atoms with Crippen molar-refractivity contribution < 1.29 is 9.69 Å². The maximum atomic E-state index is 11.1. The van der Waals surface area contributed by atoms with E-state index in [9.17, 15) is 4.79 Å². The molecule has 3 nitrogen and oxygen atoms in total. The zero-order chi connectivity index (χ0) is 18.8. The van der Waals surface area contributed by atoms with E-state index in [1.807, 2.05) is 12.1 Å². The van der Waals surface area contributed by atoms with Gasteiger partial charge < -0.3 is 9.80 Å². The Bertz CT molecular complexity index is 781. The van der Waals surface area contributed by atoms with Crippen molar-refractivity contribution in [1.82, 2.24) is 0 Å². The van der Waals surface area contributed by atoms with E-state index in [0.29, 0.717) is 6.04 Å². The Kier molecular flexibility index (Phi) is 5.47. The maximum absolute atomic E-state index is 11.1. The monoisotopic (exact) mass is 351 g/mol. The Morgan fingerprint density at radius 3 is 2.12 bits per heavy atom. The minimum Gasteiger partial charge on any atom is -0.360 e. The molecule has 1 aliphatic rings. The van der Waals surface area contributed by atoms with Crippen LogP contribution in [0.3, 0.4) is 0 Å². The summed E-state index contributed by atoms with van der Waals surface area (Å²) in [6.45, 7) is 15.4. The fourth-order valence-corrected chi connectivity index (χ4v) is 4.54. The van der Waals surface area contributed by atoms with E-state index in [1.54, 1.807) is 4.90 Å². The third-order valence-corrected chi connectivity index (χ3v) is 5.88. The number of carbonyl (C=O) groups is 1. The number of piperazine rings is 1. The van der Waals surface area contributed by atoms with Crippen molar-refractivity contribution in [2.75, 3.05) is 31.1 Å². The lowest BCUT2D eigenvalue weighted by Gasteiger charge is -2.38. The summed E-state index contributed by atoms with van der Waals surface area (Å²) in [6, 6.07) is 11.4. The number of nitrogens with zero attached hydrogens (tertiary/aromatic N) is 1. The molecule has 1 N–H and O–H groups in total. The lowest BCUT2D eigenvalue weighted by Crippen LogP contribution is -3.14. The second kappa shape index (κ2) is 7.63. The topological polar surface area (TPSA) is 24.8 Å². The molecule has 0 amide bonds. The van der Waals surface area contributed by atoms with Crippen LogP contribution in [0.15, 0.2) is 30.3 Å². The highest BCUT2D eigenvalue weighted by Crippen LogP contribution is 2.26. The van der Waals surface area contributed by atoms with E-state index in [-0.39, 0.29) is 0 Å². The molecule has 0 saturated carbocycles. The van der Waals surface area contributed by atoms with Crippen molar-refractivity contribution >= 4 is 12.0 Å². The molecule has 1 aliphatic heterocycles. The largest absolute Gasteiger partial charge is 0.360 e. The molecule has 138 valence electrons. The van der Waals surface area contributed by atoms with Crippen molar-refractivity contribution in [2.24, 2.45) is 0 Å². The first-order valence-corrected chi connectivity index (χ1v) is 9.63. The van der Waals surface area contributed by atoms with Gasteiger partial charge in [0.1, 0.15) is 12.3 Å². The molecule has 1 heterocycles. The predicted octanol–water partition coefficient (Wildman–Crippen LogP) is 3.20. The van der Waals surface area contributed by atoms with Gasteiger partial charge >= 0.3 is 0 Å². The van der Waals surface area contributed by atoms with E-state index in [1.165, 1.54) is 33.5 Å². The molecule has 26 heavy (non-hydrogen) atoms. The summed E-state index contributed by atoms with van der Waals surface area (Å²) in [7, 11) is 0. The Labute approximate surface area is 157 Å². The number of carbonyl (C=O) groups excluding carboxylic acids is 1. The molecular weight excluding hydrogens is 320 g/mol. The maximum Gasteiger partial charge on any atom is 0.150 e. The SMILES string of the molecule is Cc1ccc([C@@H](C)[NH+]2CCN(c3c(C)cc(C=O)cc3C)CC2)c(C)c1. The van der Waals surface area contributed by atoms with Gasteiger partial charge in [-0.25, -0.2) is 0 Å². The number of hydrogen-bond acceptors (Lipinski definition) is 2. The second-order valence-corrected chi connectivity index (χ2v) is 7.85. The zero-order valence-corrected chi connectivity index (χ0v) is 16.7. The van der Waals surface area contributed by atoms with Gasteiger partial charge in [-0.05, 0) is 63.4 Å². The highest BCUT2D eigenvalue weighted by molar-refractivity contribution is 5.78. The molecule has 1 saturated heterocycles. The van der Waals surface area contributed by atoms with Gasteiger partial charge in [0.25, 0.3) is 0 Å². The molecule has 0 aromatic heterocycles. The second-order valence-electron chi connectivity index (χ2n) is 7.85. The van der Waals surface area contributed by atoms with Crippen LogP contribution in [0, 0.1) is 27.7 Å². The molecule has 1 fully saturated rings. The summed E-state index contributed by atoms with van der Waals surface area (Å²) in [6.07, 6.45) is 0.942. The number of hydrogen-bond donors (Lipinski definition) is 1. The zero-order valence-electron chi connectivity index (χ0n) is 16.7.